The van der Waals surface area contributed by atoms with E-state index in [9.17, 15) is 0 Å². The predicted molar refractivity (Wildman–Crippen MR) is 80.7 cm³/mol. The van der Waals surface area contributed by atoms with Gasteiger partial charge in [0.25, 0.3) is 0 Å². The SMILES string of the molecule is COc1cccc(Br)c1OCCc1ccccc1N. The highest BCUT2D eigenvalue weighted by Gasteiger charge is 2.08. The van der Waals surface area contributed by atoms with Crippen LogP contribution in [-0.2, 0) is 6.42 Å². The average Bonchev–Trinajstić information content (AvgIpc) is 2.42. The Morgan fingerprint density at radius 2 is 1.89 bits per heavy atom. The van der Waals surface area contributed by atoms with Gasteiger partial charge in [-0.25, -0.2) is 0 Å². The Balaban J connectivity index is 2.02. The molecule has 0 aliphatic carbocycles. The van der Waals surface area contributed by atoms with Crippen molar-refractivity contribution in [2.45, 2.75) is 6.42 Å². The largest absolute Gasteiger partial charge is 0.493 e. The molecule has 0 saturated carbocycles. The van der Waals surface area contributed by atoms with Crippen LogP contribution in [0.5, 0.6) is 11.5 Å². The number of anilines is 1. The molecule has 0 fully saturated rings. The zero-order chi connectivity index (χ0) is 13.7. The van der Waals surface area contributed by atoms with Gasteiger partial charge in [0.2, 0.25) is 0 Å². The lowest BCUT2D eigenvalue weighted by atomic mass is 10.1. The minimum Gasteiger partial charge on any atom is -0.493 e. The van der Waals surface area contributed by atoms with Gasteiger partial charge in [0.15, 0.2) is 11.5 Å². The van der Waals surface area contributed by atoms with E-state index in [0.717, 1.165) is 33.6 Å². The third kappa shape index (κ3) is 3.41. The van der Waals surface area contributed by atoms with Gasteiger partial charge >= 0.3 is 0 Å². The Hall–Kier alpha value is -1.68. The fraction of sp³-hybridized carbons (Fsp3) is 0.200. The highest BCUT2D eigenvalue weighted by atomic mass is 79.9. The summed E-state index contributed by atoms with van der Waals surface area (Å²) < 4.78 is 11.9. The van der Waals surface area contributed by atoms with E-state index in [-0.39, 0.29) is 0 Å². The number of hydrogen-bond donors (Lipinski definition) is 1. The standard InChI is InChI=1S/C15H16BrNO2/c1-18-14-8-4-6-12(16)15(14)19-10-9-11-5-2-3-7-13(11)17/h2-8H,9-10,17H2,1H3. The van der Waals surface area contributed by atoms with Gasteiger partial charge in [-0.15, -0.1) is 0 Å². The number of methoxy groups -OCH3 is 1. The summed E-state index contributed by atoms with van der Waals surface area (Å²) in [6.45, 7) is 0.549. The second kappa shape index (κ2) is 6.48. The molecule has 0 aliphatic rings. The Morgan fingerprint density at radius 1 is 1.11 bits per heavy atom. The van der Waals surface area contributed by atoms with Crippen molar-refractivity contribution in [3.05, 3.63) is 52.5 Å². The maximum Gasteiger partial charge on any atom is 0.175 e. The number of halogens is 1. The smallest absolute Gasteiger partial charge is 0.175 e. The summed E-state index contributed by atoms with van der Waals surface area (Å²) in [5, 5.41) is 0. The molecule has 0 radical (unpaired) electrons. The van der Waals surface area contributed by atoms with Gasteiger partial charge in [-0.1, -0.05) is 24.3 Å². The van der Waals surface area contributed by atoms with Gasteiger partial charge in [-0.2, -0.15) is 0 Å². The Kier molecular flexibility index (Phi) is 4.68. The first-order chi connectivity index (χ1) is 9.22. The molecule has 2 aromatic carbocycles. The second-order valence-corrected chi connectivity index (χ2v) is 4.92. The molecule has 0 spiro atoms. The van der Waals surface area contributed by atoms with Crippen LogP contribution in [0, 0.1) is 0 Å². The van der Waals surface area contributed by atoms with Crippen LogP contribution in [0.15, 0.2) is 46.9 Å². The summed E-state index contributed by atoms with van der Waals surface area (Å²) in [6, 6.07) is 13.5. The van der Waals surface area contributed by atoms with Crippen molar-refractivity contribution >= 4 is 21.6 Å². The molecule has 0 aliphatic heterocycles. The molecule has 3 nitrogen and oxygen atoms in total. The topological polar surface area (TPSA) is 44.5 Å². The number of ether oxygens (including phenoxy) is 2. The number of nitrogen functional groups attached to an aromatic ring is 1. The number of benzene rings is 2. The van der Waals surface area contributed by atoms with Gasteiger partial charge in [0, 0.05) is 12.1 Å². The first-order valence-electron chi connectivity index (χ1n) is 6.01. The van der Waals surface area contributed by atoms with Crippen molar-refractivity contribution in [2.24, 2.45) is 0 Å². The van der Waals surface area contributed by atoms with E-state index in [1.54, 1.807) is 7.11 Å². The molecule has 0 amide bonds. The normalized spacial score (nSPS) is 10.2. The summed E-state index contributed by atoms with van der Waals surface area (Å²) >= 11 is 3.46. The van der Waals surface area contributed by atoms with Crippen LogP contribution < -0.4 is 15.2 Å². The highest BCUT2D eigenvalue weighted by molar-refractivity contribution is 9.10. The fourth-order valence-electron chi connectivity index (χ4n) is 1.81. The predicted octanol–water partition coefficient (Wildman–Crippen LogP) is 3.66. The van der Waals surface area contributed by atoms with Gasteiger partial charge in [-0.05, 0) is 39.7 Å². The summed E-state index contributed by atoms with van der Waals surface area (Å²) in [4.78, 5) is 0. The molecule has 2 N–H and O–H groups in total. The molecule has 0 heterocycles. The third-order valence-corrected chi connectivity index (χ3v) is 3.45. The van der Waals surface area contributed by atoms with Crippen LogP contribution in [0.2, 0.25) is 0 Å². The summed E-state index contributed by atoms with van der Waals surface area (Å²) in [5.74, 6) is 1.44. The van der Waals surface area contributed by atoms with E-state index in [4.69, 9.17) is 15.2 Å². The van der Waals surface area contributed by atoms with E-state index in [1.807, 2.05) is 42.5 Å². The molecule has 19 heavy (non-hydrogen) atoms. The van der Waals surface area contributed by atoms with E-state index in [0.29, 0.717) is 6.61 Å². The van der Waals surface area contributed by atoms with Gasteiger partial charge in [-0.3, -0.25) is 0 Å². The van der Waals surface area contributed by atoms with Crippen molar-refractivity contribution in [2.75, 3.05) is 19.5 Å². The maximum atomic E-state index is 5.90. The lowest BCUT2D eigenvalue weighted by Crippen LogP contribution is -2.05. The monoisotopic (exact) mass is 321 g/mol. The van der Waals surface area contributed by atoms with Crippen molar-refractivity contribution < 1.29 is 9.47 Å². The van der Waals surface area contributed by atoms with Crippen molar-refractivity contribution in [1.82, 2.24) is 0 Å². The van der Waals surface area contributed by atoms with Crippen LogP contribution in [0.3, 0.4) is 0 Å². The second-order valence-electron chi connectivity index (χ2n) is 4.07. The first kappa shape index (κ1) is 13.7. The van der Waals surface area contributed by atoms with Crippen molar-refractivity contribution in [1.29, 1.82) is 0 Å². The molecule has 4 heteroatoms. The first-order valence-corrected chi connectivity index (χ1v) is 6.80. The summed E-state index contributed by atoms with van der Waals surface area (Å²) in [5.41, 5.74) is 7.78. The number of nitrogens with two attached hydrogens (primary N) is 1. The summed E-state index contributed by atoms with van der Waals surface area (Å²) in [6.07, 6.45) is 0.761. The molecular weight excluding hydrogens is 306 g/mol. The molecule has 0 atom stereocenters. The van der Waals surface area contributed by atoms with Crippen LogP contribution in [0.1, 0.15) is 5.56 Å². The molecule has 0 bridgehead atoms. The Labute approximate surface area is 121 Å². The molecular formula is C15H16BrNO2. The van der Waals surface area contributed by atoms with Crippen LogP contribution >= 0.6 is 15.9 Å². The maximum absolute atomic E-state index is 5.90. The third-order valence-electron chi connectivity index (χ3n) is 2.82. The van der Waals surface area contributed by atoms with E-state index >= 15 is 0 Å². The van der Waals surface area contributed by atoms with Crippen molar-refractivity contribution in [3.8, 4) is 11.5 Å². The van der Waals surface area contributed by atoms with Gasteiger partial charge in [0.05, 0.1) is 18.2 Å². The lowest BCUT2D eigenvalue weighted by Gasteiger charge is -2.12. The average molecular weight is 322 g/mol. The zero-order valence-electron chi connectivity index (χ0n) is 10.7. The van der Waals surface area contributed by atoms with Crippen LogP contribution in [0.25, 0.3) is 0 Å². The van der Waals surface area contributed by atoms with E-state index in [1.165, 1.54) is 0 Å². The summed E-state index contributed by atoms with van der Waals surface area (Å²) in [7, 11) is 1.63. The highest BCUT2D eigenvalue weighted by Crippen LogP contribution is 2.34. The fourth-order valence-corrected chi connectivity index (χ4v) is 2.28. The number of rotatable bonds is 5. The molecule has 100 valence electrons. The van der Waals surface area contributed by atoms with Gasteiger partial charge < -0.3 is 15.2 Å². The lowest BCUT2D eigenvalue weighted by molar-refractivity contribution is 0.296. The molecule has 0 unspecified atom stereocenters. The van der Waals surface area contributed by atoms with Crippen molar-refractivity contribution in [3.63, 3.8) is 0 Å². The van der Waals surface area contributed by atoms with Crippen LogP contribution in [-0.4, -0.2) is 13.7 Å². The minimum atomic E-state index is 0.549. The van der Waals surface area contributed by atoms with E-state index < -0.39 is 0 Å². The van der Waals surface area contributed by atoms with Gasteiger partial charge in [0.1, 0.15) is 0 Å². The molecule has 2 rings (SSSR count). The number of para-hydroxylation sites is 2. The Morgan fingerprint density at radius 3 is 2.63 bits per heavy atom. The molecule has 0 saturated heterocycles. The van der Waals surface area contributed by atoms with E-state index in [2.05, 4.69) is 15.9 Å². The molecule has 2 aromatic rings. The Bertz CT molecular complexity index is 558. The zero-order valence-corrected chi connectivity index (χ0v) is 12.3. The van der Waals surface area contributed by atoms with Crippen LogP contribution in [0.4, 0.5) is 5.69 Å². The quantitative estimate of drug-likeness (QED) is 0.855. The minimum absolute atomic E-state index is 0.549. The molecule has 0 aromatic heterocycles. The number of hydrogen-bond acceptors (Lipinski definition) is 3.